The molecule has 1 aromatic carbocycles. The lowest BCUT2D eigenvalue weighted by Gasteiger charge is -2.23. The van der Waals surface area contributed by atoms with E-state index in [0.29, 0.717) is 24.6 Å². The predicted molar refractivity (Wildman–Crippen MR) is 110 cm³/mol. The van der Waals surface area contributed by atoms with E-state index in [9.17, 15) is 18.0 Å². The van der Waals surface area contributed by atoms with Gasteiger partial charge >= 0.3 is 6.18 Å². The Morgan fingerprint density at radius 1 is 1.10 bits per heavy atom. The molecule has 0 atom stereocenters. The minimum absolute atomic E-state index is 0.0456. The Balaban J connectivity index is 1.78. The largest absolute Gasteiger partial charge is 0.411 e. The van der Waals surface area contributed by atoms with E-state index in [4.69, 9.17) is 0 Å². The second-order valence-corrected chi connectivity index (χ2v) is 7.38. The van der Waals surface area contributed by atoms with Gasteiger partial charge in [-0.3, -0.25) is 4.79 Å². The number of benzene rings is 1. The van der Waals surface area contributed by atoms with Crippen LogP contribution in [0.25, 0.3) is 0 Å². The smallest absolute Gasteiger partial charge is 0.367 e. The van der Waals surface area contributed by atoms with Gasteiger partial charge in [0.1, 0.15) is 6.61 Å². The normalized spacial score (nSPS) is 15.7. The van der Waals surface area contributed by atoms with Crippen LogP contribution in [0.5, 0.6) is 0 Å². The van der Waals surface area contributed by atoms with Gasteiger partial charge in [-0.05, 0) is 30.9 Å². The maximum Gasteiger partial charge on any atom is 0.411 e. The third-order valence-electron chi connectivity index (χ3n) is 4.71. The number of aliphatic imine (C=N–C) groups is 1. The van der Waals surface area contributed by atoms with E-state index in [1.807, 2.05) is 6.92 Å². The lowest BCUT2D eigenvalue weighted by Crippen LogP contribution is -2.46. The summed E-state index contributed by atoms with van der Waals surface area (Å²) in [7, 11) is 0. The van der Waals surface area contributed by atoms with Gasteiger partial charge in [-0.1, -0.05) is 43.5 Å². The third kappa shape index (κ3) is 9.96. The summed E-state index contributed by atoms with van der Waals surface area (Å²) in [4.78, 5) is 16.6. The van der Waals surface area contributed by atoms with E-state index < -0.39 is 12.8 Å². The fraction of sp³-hybridized carbons (Fsp3) is 0.619. The van der Waals surface area contributed by atoms with Crippen LogP contribution in [0.15, 0.2) is 29.3 Å². The van der Waals surface area contributed by atoms with Gasteiger partial charge in [-0.25, -0.2) is 4.99 Å². The third-order valence-corrected chi connectivity index (χ3v) is 4.71. The number of carbonyl (C=O) groups excluding carboxylic acids is 1. The molecule has 1 fully saturated rings. The molecule has 1 aromatic rings. The first kappa shape index (κ1) is 24.0. The van der Waals surface area contributed by atoms with Crippen molar-refractivity contribution in [2.45, 2.75) is 64.4 Å². The summed E-state index contributed by atoms with van der Waals surface area (Å²) in [6, 6.07) is 7.31. The summed E-state index contributed by atoms with van der Waals surface area (Å²) in [6.45, 7) is 1.77. The van der Waals surface area contributed by atoms with Crippen molar-refractivity contribution in [3.8, 4) is 0 Å². The first-order chi connectivity index (χ1) is 14.4. The van der Waals surface area contributed by atoms with Crippen LogP contribution in [0.1, 0.15) is 50.2 Å². The topological polar surface area (TPSA) is 74.8 Å². The molecule has 0 heterocycles. The fourth-order valence-electron chi connectivity index (χ4n) is 3.23. The number of rotatable bonds is 9. The average Bonchev–Trinajstić information content (AvgIpc) is 2.71. The van der Waals surface area contributed by atoms with Gasteiger partial charge in [-0.15, -0.1) is 0 Å². The molecule has 1 amide bonds. The van der Waals surface area contributed by atoms with Crippen molar-refractivity contribution < 1.29 is 22.7 Å². The van der Waals surface area contributed by atoms with E-state index in [1.165, 1.54) is 6.42 Å². The molecule has 0 bridgehead atoms. The van der Waals surface area contributed by atoms with Crippen molar-refractivity contribution >= 4 is 11.9 Å². The van der Waals surface area contributed by atoms with Crippen LogP contribution in [0.3, 0.4) is 0 Å². The van der Waals surface area contributed by atoms with Crippen LogP contribution in [-0.4, -0.2) is 43.8 Å². The summed E-state index contributed by atoms with van der Waals surface area (Å²) in [6.07, 6.45) is 1.32. The van der Waals surface area contributed by atoms with Crippen molar-refractivity contribution in [3.05, 3.63) is 35.4 Å². The van der Waals surface area contributed by atoms with Gasteiger partial charge in [0.25, 0.3) is 0 Å². The monoisotopic (exact) mass is 428 g/mol. The van der Waals surface area contributed by atoms with Gasteiger partial charge < -0.3 is 20.7 Å². The fourth-order valence-corrected chi connectivity index (χ4v) is 3.23. The van der Waals surface area contributed by atoms with E-state index in [1.54, 1.807) is 24.3 Å². The number of guanidine groups is 1. The Morgan fingerprint density at radius 2 is 1.77 bits per heavy atom. The molecule has 2 rings (SSSR count). The second-order valence-electron chi connectivity index (χ2n) is 7.38. The number of ether oxygens (including phenoxy) is 1. The summed E-state index contributed by atoms with van der Waals surface area (Å²) in [5, 5.41) is 9.19. The zero-order chi connectivity index (χ0) is 21.8. The standard InChI is InChI=1S/C21H31F3N4O2/c1-2-25-20(27-13-19(29)28-18-6-4-3-5-7-18)26-12-16-8-10-17(11-9-16)14-30-15-21(22,23)24/h8-11,18H,2-7,12-15H2,1H3,(H,28,29)(H2,25,26,27). The molecule has 9 heteroatoms. The highest BCUT2D eigenvalue weighted by molar-refractivity contribution is 5.86. The molecule has 1 aliphatic rings. The first-order valence-corrected chi connectivity index (χ1v) is 10.4. The highest BCUT2D eigenvalue weighted by Crippen LogP contribution is 2.17. The lowest BCUT2D eigenvalue weighted by molar-refractivity contribution is -0.176. The molecule has 0 aliphatic heterocycles. The molecule has 6 nitrogen and oxygen atoms in total. The maximum atomic E-state index is 12.1. The second kappa shape index (κ2) is 12.4. The molecule has 0 spiro atoms. The number of hydrogen-bond acceptors (Lipinski definition) is 3. The van der Waals surface area contributed by atoms with Gasteiger partial charge in [0.15, 0.2) is 5.96 Å². The minimum Gasteiger partial charge on any atom is -0.367 e. The molecular weight excluding hydrogens is 397 g/mol. The van der Waals surface area contributed by atoms with Crippen LogP contribution < -0.4 is 16.0 Å². The van der Waals surface area contributed by atoms with Gasteiger partial charge in [0.05, 0.1) is 19.7 Å². The highest BCUT2D eigenvalue weighted by atomic mass is 19.4. The van der Waals surface area contributed by atoms with Gasteiger partial charge in [-0.2, -0.15) is 13.2 Å². The van der Waals surface area contributed by atoms with E-state index in [-0.39, 0.29) is 25.1 Å². The molecule has 0 unspecified atom stereocenters. The maximum absolute atomic E-state index is 12.1. The quantitative estimate of drug-likeness (QED) is 0.417. The van der Waals surface area contributed by atoms with Crippen LogP contribution in [-0.2, 0) is 22.7 Å². The zero-order valence-electron chi connectivity index (χ0n) is 17.4. The Kier molecular flexibility index (Phi) is 9.93. The van der Waals surface area contributed by atoms with E-state index in [0.717, 1.165) is 31.2 Å². The molecule has 1 aliphatic carbocycles. The van der Waals surface area contributed by atoms with Crippen LogP contribution in [0.2, 0.25) is 0 Å². The summed E-state index contributed by atoms with van der Waals surface area (Å²) in [5.74, 6) is 0.490. The number of amides is 1. The Hall–Kier alpha value is -2.29. The molecular formula is C21H31F3N4O2. The molecule has 30 heavy (non-hydrogen) atoms. The van der Waals surface area contributed by atoms with Crippen LogP contribution in [0, 0.1) is 0 Å². The van der Waals surface area contributed by atoms with Crippen molar-refractivity contribution in [2.75, 3.05) is 19.7 Å². The first-order valence-electron chi connectivity index (χ1n) is 10.4. The highest BCUT2D eigenvalue weighted by Gasteiger charge is 2.27. The molecule has 0 radical (unpaired) electrons. The summed E-state index contributed by atoms with van der Waals surface area (Å²) >= 11 is 0. The molecule has 3 N–H and O–H groups in total. The molecule has 168 valence electrons. The van der Waals surface area contributed by atoms with Gasteiger partial charge in [0.2, 0.25) is 5.91 Å². The summed E-state index contributed by atoms with van der Waals surface area (Å²) in [5.41, 5.74) is 1.56. The lowest BCUT2D eigenvalue weighted by atomic mass is 9.95. The van der Waals surface area contributed by atoms with Crippen LogP contribution >= 0.6 is 0 Å². The number of nitrogens with one attached hydrogen (secondary N) is 3. The number of carbonyl (C=O) groups is 1. The van der Waals surface area contributed by atoms with Crippen molar-refractivity contribution in [1.82, 2.24) is 16.0 Å². The SMILES string of the molecule is CCNC(=NCc1ccc(COCC(F)(F)F)cc1)NCC(=O)NC1CCCCC1. The number of alkyl halides is 3. The minimum atomic E-state index is -4.32. The zero-order valence-corrected chi connectivity index (χ0v) is 17.4. The van der Waals surface area contributed by atoms with E-state index in [2.05, 4.69) is 25.7 Å². The molecule has 1 saturated carbocycles. The Bertz CT molecular complexity index is 672. The van der Waals surface area contributed by atoms with E-state index >= 15 is 0 Å². The van der Waals surface area contributed by atoms with Crippen molar-refractivity contribution in [1.29, 1.82) is 0 Å². The van der Waals surface area contributed by atoms with Gasteiger partial charge in [0, 0.05) is 12.6 Å². The van der Waals surface area contributed by atoms with Crippen molar-refractivity contribution in [3.63, 3.8) is 0 Å². The molecule has 0 saturated heterocycles. The Labute approximate surface area is 175 Å². The summed E-state index contributed by atoms with van der Waals surface area (Å²) < 4.78 is 41.0. The van der Waals surface area contributed by atoms with Crippen LogP contribution in [0.4, 0.5) is 13.2 Å². The predicted octanol–water partition coefficient (Wildman–Crippen LogP) is 3.27. The average molecular weight is 428 g/mol. The number of nitrogens with zero attached hydrogens (tertiary/aromatic N) is 1. The number of halogens is 3. The number of hydrogen-bond donors (Lipinski definition) is 3. The molecule has 0 aromatic heterocycles. The Morgan fingerprint density at radius 3 is 2.40 bits per heavy atom. The van der Waals surface area contributed by atoms with Crippen molar-refractivity contribution in [2.24, 2.45) is 4.99 Å².